The van der Waals surface area contributed by atoms with Gasteiger partial charge in [-0.05, 0) is 25.0 Å². The Morgan fingerprint density at radius 1 is 1.50 bits per heavy atom. The topological polar surface area (TPSA) is 51.0 Å². The van der Waals surface area contributed by atoms with Crippen molar-refractivity contribution in [1.29, 1.82) is 0 Å². The van der Waals surface area contributed by atoms with Crippen LogP contribution in [0.2, 0.25) is 0 Å². The molecule has 1 aromatic rings. The van der Waals surface area contributed by atoms with Crippen LogP contribution in [-0.2, 0) is 6.54 Å². The largest absolute Gasteiger partial charge is 0.340 e. The van der Waals surface area contributed by atoms with Gasteiger partial charge in [-0.2, -0.15) is 16.7 Å². The van der Waals surface area contributed by atoms with Crippen molar-refractivity contribution in [3.8, 4) is 0 Å². The Kier molecular flexibility index (Phi) is 4.23. The smallest absolute Gasteiger partial charge is 0.223 e. The second kappa shape index (κ2) is 5.68. The van der Waals surface area contributed by atoms with Gasteiger partial charge in [-0.3, -0.25) is 0 Å². The first-order valence-electron chi connectivity index (χ1n) is 5.92. The molecule has 2 unspecified atom stereocenters. The number of thioether (sulfide) groups is 1. The molecule has 16 heavy (non-hydrogen) atoms. The number of aromatic nitrogens is 2. The van der Waals surface area contributed by atoms with E-state index in [1.807, 2.05) is 6.92 Å². The molecule has 1 aliphatic rings. The van der Waals surface area contributed by atoms with Crippen LogP contribution in [-0.4, -0.2) is 27.2 Å². The maximum Gasteiger partial charge on any atom is 0.223 e. The van der Waals surface area contributed by atoms with E-state index < -0.39 is 0 Å². The van der Waals surface area contributed by atoms with Gasteiger partial charge in [0.15, 0.2) is 5.82 Å². The molecular formula is C11H19N3OS. The fourth-order valence-corrected chi connectivity index (χ4v) is 3.30. The van der Waals surface area contributed by atoms with Crippen LogP contribution in [0.1, 0.15) is 37.9 Å². The second-order valence-corrected chi connectivity index (χ2v) is 5.78. The number of nitrogens with zero attached hydrogens (tertiary/aromatic N) is 2. The van der Waals surface area contributed by atoms with E-state index in [1.54, 1.807) is 0 Å². The summed E-state index contributed by atoms with van der Waals surface area (Å²) in [5, 5.41) is 8.22. The van der Waals surface area contributed by atoms with E-state index in [0.29, 0.717) is 11.9 Å². The normalized spacial score (nSPS) is 25.1. The van der Waals surface area contributed by atoms with E-state index in [4.69, 9.17) is 4.52 Å². The van der Waals surface area contributed by atoms with Gasteiger partial charge < -0.3 is 9.84 Å². The van der Waals surface area contributed by atoms with Crippen molar-refractivity contribution < 1.29 is 4.52 Å². The van der Waals surface area contributed by atoms with Crippen molar-refractivity contribution in [3.63, 3.8) is 0 Å². The first kappa shape index (κ1) is 11.9. The highest BCUT2D eigenvalue weighted by molar-refractivity contribution is 7.99. The summed E-state index contributed by atoms with van der Waals surface area (Å²) in [5.74, 6) is 2.63. The Balaban J connectivity index is 1.71. The molecule has 1 fully saturated rings. The van der Waals surface area contributed by atoms with Crippen LogP contribution in [0, 0.1) is 6.92 Å². The molecule has 1 heterocycles. The minimum atomic E-state index is 0.628. The van der Waals surface area contributed by atoms with Crippen LogP contribution in [0.3, 0.4) is 0 Å². The van der Waals surface area contributed by atoms with Gasteiger partial charge in [0, 0.05) is 18.2 Å². The Labute approximate surface area is 101 Å². The fraction of sp³-hybridized carbons (Fsp3) is 0.818. The molecule has 5 heteroatoms. The molecule has 0 bridgehead atoms. The number of rotatable bonds is 5. The third kappa shape index (κ3) is 3.22. The molecule has 0 amide bonds. The van der Waals surface area contributed by atoms with Crippen molar-refractivity contribution in [3.05, 3.63) is 11.7 Å². The first-order valence-corrected chi connectivity index (χ1v) is 6.97. The van der Waals surface area contributed by atoms with Crippen LogP contribution < -0.4 is 5.32 Å². The van der Waals surface area contributed by atoms with Crippen LogP contribution in [0.5, 0.6) is 0 Å². The van der Waals surface area contributed by atoms with Crippen LogP contribution in [0.25, 0.3) is 0 Å². The summed E-state index contributed by atoms with van der Waals surface area (Å²) >= 11 is 2.08. The Morgan fingerprint density at radius 3 is 3.06 bits per heavy atom. The third-order valence-electron chi connectivity index (χ3n) is 2.91. The molecule has 2 atom stereocenters. The van der Waals surface area contributed by atoms with Crippen molar-refractivity contribution in [1.82, 2.24) is 15.5 Å². The molecule has 1 aromatic heterocycles. The lowest BCUT2D eigenvalue weighted by Crippen LogP contribution is -2.26. The molecule has 1 saturated carbocycles. The summed E-state index contributed by atoms with van der Waals surface area (Å²) in [5.41, 5.74) is 0. The zero-order valence-corrected chi connectivity index (χ0v) is 10.7. The molecular weight excluding hydrogens is 222 g/mol. The van der Waals surface area contributed by atoms with E-state index in [-0.39, 0.29) is 0 Å². The van der Waals surface area contributed by atoms with Crippen molar-refractivity contribution in [2.24, 2.45) is 0 Å². The van der Waals surface area contributed by atoms with Crippen molar-refractivity contribution in [2.45, 2.75) is 50.9 Å². The molecule has 0 spiro atoms. The summed E-state index contributed by atoms with van der Waals surface area (Å²) in [6.45, 7) is 4.78. The Bertz CT molecular complexity index is 329. The quantitative estimate of drug-likeness (QED) is 0.856. The molecule has 0 saturated heterocycles. The Morgan fingerprint density at radius 2 is 2.38 bits per heavy atom. The van der Waals surface area contributed by atoms with E-state index in [0.717, 1.165) is 17.6 Å². The van der Waals surface area contributed by atoms with Crippen LogP contribution in [0.15, 0.2) is 4.52 Å². The zero-order chi connectivity index (χ0) is 11.4. The van der Waals surface area contributed by atoms with Gasteiger partial charge in [0.2, 0.25) is 5.89 Å². The molecule has 0 aromatic carbocycles. The lowest BCUT2D eigenvalue weighted by atomic mass is 10.2. The maximum atomic E-state index is 4.93. The van der Waals surface area contributed by atoms with Crippen LogP contribution >= 0.6 is 11.8 Å². The fourth-order valence-electron chi connectivity index (χ4n) is 2.16. The van der Waals surface area contributed by atoms with Gasteiger partial charge in [-0.15, -0.1) is 0 Å². The number of nitrogens with one attached hydrogen (secondary N) is 1. The van der Waals surface area contributed by atoms with Crippen molar-refractivity contribution >= 4 is 11.8 Å². The molecule has 0 radical (unpaired) electrons. The summed E-state index contributed by atoms with van der Waals surface area (Å²) in [4.78, 5) is 4.18. The molecule has 90 valence electrons. The molecule has 1 aliphatic carbocycles. The molecule has 1 N–H and O–H groups in total. The second-order valence-electron chi connectivity index (χ2n) is 4.20. The summed E-state index contributed by atoms with van der Waals surface area (Å²) in [6.07, 6.45) is 3.88. The maximum absolute atomic E-state index is 4.93. The average Bonchev–Trinajstić information content (AvgIpc) is 2.85. The monoisotopic (exact) mass is 241 g/mol. The highest BCUT2D eigenvalue weighted by Gasteiger charge is 2.24. The van der Waals surface area contributed by atoms with Gasteiger partial charge in [0.25, 0.3) is 0 Å². The average molecular weight is 241 g/mol. The van der Waals surface area contributed by atoms with Gasteiger partial charge >= 0.3 is 0 Å². The highest BCUT2D eigenvalue weighted by atomic mass is 32.2. The lowest BCUT2D eigenvalue weighted by molar-refractivity contribution is 0.383. The van der Waals surface area contributed by atoms with E-state index in [1.165, 1.54) is 25.0 Å². The number of hydrogen-bond acceptors (Lipinski definition) is 5. The zero-order valence-electron chi connectivity index (χ0n) is 9.90. The number of aryl methyl sites for hydroxylation is 1. The molecule has 0 aliphatic heterocycles. The van der Waals surface area contributed by atoms with Gasteiger partial charge in [0.1, 0.15) is 0 Å². The van der Waals surface area contributed by atoms with E-state index >= 15 is 0 Å². The summed E-state index contributed by atoms with van der Waals surface area (Å²) in [6, 6.07) is 0.628. The van der Waals surface area contributed by atoms with Crippen molar-refractivity contribution in [2.75, 3.05) is 5.75 Å². The Hall–Kier alpha value is -0.550. The number of hydrogen-bond donors (Lipinski definition) is 1. The lowest BCUT2D eigenvalue weighted by Gasteiger charge is -2.11. The van der Waals surface area contributed by atoms with Gasteiger partial charge in [0.05, 0.1) is 6.54 Å². The van der Waals surface area contributed by atoms with Gasteiger partial charge in [-0.25, -0.2) is 0 Å². The summed E-state index contributed by atoms with van der Waals surface area (Å²) < 4.78 is 4.93. The predicted octanol–water partition coefficient (Wildman–Crippen LogP) is 2.14. The van der Waals surface area contributed by atoms with E-state index in [2.05, 4.69) is 34.1 Å². The standard InChI is InChI=1S/C11H19N3OS/c1-3-16-10-5-4-9(6-10)12-7-11-13-8(2)15-14-11/h9-10,12H,3-7H2,1-2H3. The minimum absolute atomic E-state index is 0.628. The minimum Gasteiger partial charge on any atom is -0.340 e. The predicted molar refractivity (Wildman–Crippen MR) is 65.4 cm³/mol. The third-order valence-corrected chi connectivity index (χ3v) is 4.14. The SMILES string of the molecule is CCSC1CCC(NCc2noc(C)n2)C1. The highest BCUT2D eigenvalue weighted by Crippen LogP contribution is 2.29. The van der Waals surface area contributed by atoms with E-state index in [9.17, 15) is 0 Å². The summed E-state index contributed by atoms with van der Waals surface area (Å²) in [7, 11) is 0. The van der Waals surface area contributed by atoms with Gasteiger partial charge in [-0.1, -0.05) is 12.1 Å². The molecule has 2 rings (SSSR count). The van der Waals surface area contributed by atoms with Crippen LogP contribution in [0.4, 0.5) is 0 Å². The molecule has 4 nitrogen and oxygen atoms in total. The first-order chi connectivity index (χ1) is 7.78.